The van der Waals surface area contributed by atoms with Crippen LogP contribution in [-0.4, -0.2) is 34.6 Å². The van der Waals surface area contributed by atoms with Gasteiger partial charge in [-0.05, 0) is 31.3 Å². The summed E-state index contributed by atoms with van der Waals surface area (Å²) >= 11 is 1.09. The Balaban J connectivity index is 2.28. The number of carbonyl (C=O) groups excluding carboxylic acids is 2. The molecule has 0 bridgehead atoms. The number of ether oxygens (including phenoxy) is 1. The summed E-state index contributed by atoms with van der Waals surface area (Å²) in [4.78, 5) is 23.4. The van der Waals surface area contributed by atoms with E-state index in [0.717, 1.165) is 11.5 Å². The zero-order valence-electron chi connectivity index (χ0n) is 10.6. The maximum Gasteiger partial charge on any atom is 0.305 e. The molecule has 1 aromatic rings. The first kappa shape index (κ1) is 14.6. The summed E-state index contributed by atoms with van der Waals surface area (Å²) in [7, 11) is 0. The first-order chi connectivity index (χ1) is 8.69. The molecular formula is C11H17N3O3S. The molecule has 1 N–H and O–H groups in total. The molecule has 0 aromatic carbocycles. The summed E-state index contributed by atoms with van der Waals surface area (Å²) in [6.45, 7) is 4.52. The fraction of sp³-hybridized carbons (Fsp3) is 0.636. The Kier molecular flexibility index (Phi) is 6.27. The summed E-state index contributed by atoms with van der Waals surface area (Å²) < 4.78 is 8.54. The molecule has 0 spiro atoms. The number of aryl methyl sites for hydroxylation is 1. The molecule has 18 heavy (non-hydrogen) atoms. The lowest BCUT2D eigenvalue weighted by Crippen LogP contribution is -2.25. The van der Waals surface area contributed by atoms with Crippen molar-refractivity contribution in [3.63, 3.8) is 0 Å². The molecule has 1 heterocycles. The Hall–Kier alpha value is -1.50. The highest BCUT2D eigenvalue weighted by atomic mass is 32.1. The molecule has 0 aliphatic carbocycles. The highest BCUT2D eigenvalue weighted by Gasteiger charge is 2.14. The van der Waals surface area contributed by atoms with Gasteiger partial charge in [0, 0.05) is 13.0 Å². The van der Waals surface area contributed by atoms with E-state index >= 15 is 0 Å². The van der Waals surface area contributed by atoms with Gasteiger partial charge in [0.05, 0.1) is 12.3 Å². The van der Waals surface area contributed by atoms with Gasteiger partial charge in [-0.25, -0.2) is 0 Å². The molecule has 1 rings (SSSR count). The van der Waals surface area contributed by atoms with E-state index in [9.17, 15) is 9.59 Å². The van der Waals surface area contributed by atoms with Crippen molar-refractivity contribution in [2.75, 3.05) is 13.2 Å². The van der Waals surface area contributed by atoms with Crippen LogP contribution < -0.4 is 5.32 Å². The lowest BCUT2D eigenvalue weighted by molar-refractivity contribution is -0.143. The van der Waals surface area contributed by atoms with Crippen LogP contribution in [0.1, 0.15) is 42.1 Å². The largest absolute Gasteiger partial charge is 0.466 e. The van der Waals surface area contributed by atoms with Crippen LogP contribution >= 0.6 is 11.5 Å². The van der Waals surface area contributed by atoms with Crippen LogP contribution in [-0.2, 0) is 16.0 Å². The molecule has 7 heteroatoms. The Morgan fingerprint density at radius 1 is 1.39 bits per heavy atom. The third-order valence-corrected chi connectivity index (χ3v) is 3.01. The van der Waals surface area contributed by atoms with Gasteiger partial charge in [-0.15, -0.1) is 5.10 Å². The number of hydrogen-bond donors (Lipinski definition) is 1. The highest BCUT2D eigenvalue weighted by molar-refractivity contribution is 7.08. The topological polar surface area (TPSA) is 81.2 Å². The Bertz CT molecular complexity index is 406. The van der Waals surface area contributed by atoms with E-state index in [0.29, 0.717) is 43.0 Å². The minimum atomic E-state index is -0.236. The number of carbonyl (C=O) groups is 2. The van der Waals surface area contributed by atoms with Crippen LogP contribution in [0, 0.1) is 0 Å². The summed E-state index contributed by atoms with van der Waals surface area (Å²) in [5, 5.41) is 6.61. The third-order valence-electron chi connectivity index (χ3n) is 2.25. The second kappa shape index (κ2) is 7.75. The summed E-state index contributed by atoms with van der Waals surface area (Å²) in [5.74, 6) is -0.411. The van der Waals surface area contributed by atoms with Crippen molar-refractivity contribution in [3.05, 3.63) is 10.6 Å². The normalized spacial score (nSPS) is 10.1. The second-order valence-corrected chi connectivity index (χ2v) is 4.32. The van der Waals surface area contributed by atoms with Crippen LogP contribution in [0.5, 0.6) is 0 Å². The molecule has 0 unspecified atom stereocenters. The molecule has 0 saturated carbocycles. The van der Waals surface area contributed by atoms with E-state index < -0.39 is 0 Å². The average Bonchev–Trinajstić information content (AvgIpc) is 2.83. The molecule has 0 fully saturated rings. The minimum absolute atomic E-state index is 0.175. The van der Waals surface area contributed by atoms with E-state index in [2.05, 4.69) is 14.9 Å². The number of esters is 1. The van der Waals surface area contributed by atoms with Crippen LogP contribution in [0.25, 0.3) is 0 Å². The average molecular weight is 271 g/mol. The van der Waals surface area contributed by atoms with Crippen LogP contribution in [0.4, 0.5) is 0 Å². The maximum atomic E-state index is 11.8. The summed E-state index contributed by atoms with van der Waals surface area (Å²) in [6, 6.07) is 0. The zero-order chi connectivity index (χ0) is 13.4. The van der Waals surface area contributed by atoms with Crippen LogP contribution in [0.15, 0.2) is 0 Å². The Morgan fingerprint density at radius 2 is 2.17 bits per heavy atom. The van der Waals surface area contributed by atoms with E-state index in [1.807, 2.05) is 6.92 Å². The second-order valence-electron chi connectivity index (χ2n) is 3.57. The highest BCUT2D eigenvalue weighted by Crippen LogP contribution is 2.10. The van der Waals surface area contributed by atoms with Crippen LogP contribution in [0.3, 0.4) is 0 Å². The van der Waals surface area contributed by atoms with Crippen molar-refractivity contribution in [2.24, 2.45) is 0 Å². The monoisotopic (exact) mass is 271 g/mol. The first-order valence-electron chi connectivity index (χ1n) is 5.94. The summed E-state index contributed by atoms with van der Waals surface area (Å²) in [5.41, 5.74) is 0.711. The Labute approximate surface area is 110 Å². The Morgan fingerprint density at radius 3 is 2.83 bits per heavy atom. The molecule has 0 atom stereocenters. The number of rotatable bonds is 7. The molecular weight excluding hydrogens is 254 g/mol. The van der Waals surface area contributed by atoms with Crippen molar-refractivity contribution < 1.29 is 14.3 Å². The molecule has 0 aliphatic rings. The molecule has 1 amide bonds. The minimum Gasteiger partial charge on any atom is -0.466 e. The maximum absolute atomic E-state index is 11.8. The van der Waals surface area contributed by atoms with Gasteiger partial charge in [0.1, 0.15) is 4.88 Å². The van der Waals surface area contributed by atoms with Gasteiger partial charge >= 0.3 is 5.97 Å². The van der Waals surface area contributed by atoms with Gasteiger partial charge in [0.15, 0.2) is 0 Å². The lowest BCUT2D eigenvalue weighted by atomic mass is 10.2. The summed E-state index contributed by atoms with van der Waals surface area (Å²) in [6.07, 6.45) is 1.57. The predicted molar refractivity (Wildman–Crippen MR) is 67.5 cm³/mol. The van der Waals surface area contributed by atoms with Crippen molar-refractivity contribution in [1.29, 1.82) is 0 Å². The molecule has 0 aliphatic heterocycles. The third kappa shape index (κ3) is 4.40. The van der Waals surface area contributed by atoms with E-state index in [1.54, 1.807) is 6.92 Å². The molecule has 1 aromatic heterocycles. The number of hydrogen-bond acceptors (Lipinski definition) is 6. The van der Waals surface area contributed by atoms with Crippen molar-refractivity contribution in [1.82, 2.24) is 14.9 Å². The SMILES string of the molecule is CCOC(=O)CCCNC(=O)c1snnc1CC. The first-order valence-corrected chi connectivity index (χ1v) is 6.71. The van der Waals surface area contributed by atoms with Gasteiger partial charge in [-0.2, -0.15) is 0 Å². The quantitative estimate of drug-likeness (QED) is 0.595. The number of nitrogens with zero attached hydrogens (tertiary/aromatic N) is 2. The number of aromatic nitrogens is 2. The molecule has 100 valence electrons. The van der Waals surface area contributed by atoms with Crippen molar-refractivity contribution in [3.8, 4) is 0 Å². The molecule has 0 saturated heterocycles. The van der Waals surface area contributed by atoms with Crippen molar-refractivity contribution >= 4 is 23.4 Å². The van der Waals surface area contributed by atoms with Gasteiger partial charge < -0.3 is 10.1 Å². The van der Waals surface area contributed by atoms with Gasteiger partial charge in [0.2, 0.25) is 0 Å². The molecule has 0 radical (unpaired) electrons. The van der Waals surface area contributed by atoms with Gasteiger partial charge in [0.25, 0.3) is 5.91 Å². The van der Waals surface area contributed by atoms with Crippen molar-refractivity contribution in [2.45, 2.75) is 33.1 Å². The standard InChI is InChI=1S/C11H17N3O3S/c1-3-8-10(18-14-13-8)11(16)12-7-5-6-9(15)17-4-2/h3-7H2,1-2H3,(H,12,16). The van der Waals surface area contributed by atoms with E-state index in [-0.39, 0.29) is 11.9 Å². The number of nitrogens with one attached hydrogen (secondary N) is 1. The smallest absolute Gasteiger partial charge is 0.305 e. The van der Waals surface area contributed by atoms with Gasteiger partial charge in [-0.3, -0.25) is 9.59 Å². The van der Waals surface area contributed by atoms with Gasteiger partial charge in [-0.1, -0.05) is 11.4 Å². The molecule has 6 nitrogen and oxygen atoms in total. The number of amides is 1. The fourth-order valence-electron chi connectivity index (χ4n) is 1.36. The zero-order valence-corrected chi connectivity index (χ0v) is 11.4. The fourth-order valence-corrected chi connectivity index (χ4v) is 2.03. The van der Waals surface area contributed by atoms with Crippen LogP contribution in [0.2, 0.25) is 0 Å². The lowest BCUT2D eigenvalue weighted by Gasteiger charge is -2.04. The predicted octanol–water partition coefficient (Wildman–Crippen LogP) is 1.17. The van der Waals surface area contributed by atoms with E-state index in [1.165, 1.54) is 0 Å². The van der Waals surface area contributed by atoms with E-state index in [4.69, 9.17) is 4.74 Å².